The normalized spacial score (nSPS) is 10.8. The molecule has 0 aliphatic carbocycles. The Morgan fingerprint density at radius 3 is 2.54 bits per heavy atom. The number of hydrogen-bond acceptors (Lipinski definition) is 1. The van der Waals surface area contributed by atoms with E-state index in [1.54, 1.807) is 0 Å². The molecule has 0 N–H and O–H groups in total. The molecule has 0 amide bonds. The predicted octanol–water partition coefficient (Wildman–Crippen LogP) is 2.08. The monoisotopic (exact) mass is 427 g/mol. The summed E-state index contributed by atoms with van der Waals surface area (Å²) >= 11 is 0. The Balaban J connectivity index is 0. The predicted molar refractivity (Wildman–Crippen MR) is 41.0 cm³/mol. The summed E-state index contributed by atoms with van der Waals surface area (Å²) in [7, 11) is 0. The van der Waals surface area contributed by atoms with Crippen LogP contribution >= 0.6 is 0 Å². The molecule has 1 aliphatic rings. The molecule has 1 aliphatic heterocycles. The van der Waals surface area contributed by atoms with Crippen LogP contribution in [0, 0.1) is 0 Å². The van der Waals surface area contributed by atoms with Crippen molar-refractivity contribution in [2.45, 2.75) is 0 Å². The van der Waals surface area contributed by atoms with Gasteiger partial charge in [0.15, 0.2) is 0 Å². The van der Waals surface area contributed by atoms with Crippen molar-refractivity contribution >= 4 is 6.08 Å². The first kappa shape index (κ1) is 16.1. The zero-order valence-corrected chi connectivity index (χ0v) is 12.2. The van der Waals surface area contributed by atoms with Gasteiger partial charge in [0.05, 0.1) is 0 Å². The molecule has 1 nitrogen and oxygen atoms in total. The quantitative estimate of drug-likeness (QED) is 0.577. The van der Waals surface area contributed by atoms with E-state index in [-0.39, 0.29) is 59.9 Å². The minimum atomic E-state index is 0. The second-order valence-corrected chi connectivity index (χ2v) is 2.25. The standard InChI is InChI=1S/C9H8O.Cu.Ti.W/c1-2-6-9-8(4-1)5-3-7-10-9;;;/h1-6H,7H2;;;. The minimum absolute atomic E-state index is 0. The molecule has 1 aromatic rings. The average Bonchev–Trinajstić information content (AvgIpc) is 2.05. The number of rotatable bonds is 0. The van der Waals surface area contributed by atoms with Crippen molar-refractivity contribution in [2.24, 2.45) is 0 Å². The van der Waals surface area contributed by atoms with Crippen molar-refractivity contribution in [1.82, 2.24) is 0 Å². The first-order valence-electron chi connectivity index (χ1n) is 3.35. The first-order valence-corrected chi connectivity index (χ1v) is 3.35. The average molecular weight is 427 g/mol. The number of ether oxygens (including phenoxy) is 1. The Morgan fingerprint density at radius 2 is 1.85 bits per heavy atom. The molecular formula is C9H8CuOTiW. The maximum absolute atomic E-state index is 5.34. The topological polar surface area (TPSA) is 9.23 Å². The molecule has 0 saturated carbocycles. The van der Waals surface area contributed by atoms with E-state index in [4.69, 9.17) is 4.74 Å². The van der Waals surface area contributed by atoms with Gasteiger partial charge >= 0.3 is 0 Å². The number of benzene rings is 1. The second kappa shape index (κ2) is 8.03. The van der Waals surface area contributed by atoms with Crippen molar-refractivity contribution in [1.29, 1.82) is 0 Å². The van der Waals surface area contributed by atoms with Crippen LogP contribution in [0.1, 0.15) is 5.56 Å². The van der Waals surface area contributed by atoms with Crippen LogP contribution in [0.3, 0.4) is 0 Å². The summed E-state index contributed by atoms with van der Waals surface area (Å²) in [6.07, 6.45) is 4.10. The van der Waals surface area contributed by atoms with Crippen LogP contribution in [0.15, 0.2) is 30.3 Å². The SMILES string of the molecule is C1=Cc2ccccc2OC1.[Cu].[Ti].[W]. The van der Waals surface area contributed by atoms with Crippen molar-refractivity contribution in [3.05, 3.63) is 35.9 Å². The van der Waals surface area contributed by atoms with Crippen LogP contribution in [0.25, 0.3) is 6.08 Å². The fourth-order valence-corrected chi connectivity index (χ4v) is 1.06. The Morgan fingerprint density at radius 1 is 1.15 bits per heavy atom. The molecular weight excluding hydrogens is 419 g/mol. The van der Waals surface area contributed by atoms with Crippen LogP contribution in [0.5, 0.6) is 5.75 Å². The maximum atomic E-state index is 5.34. The molecule has 1 heterocycles. The zero-order chi connectivity index (χ0) is 6.81. The molecule has 13 heavy (non-hydrogen) atoms. The molecule has 0 spiro atoms. The molecule has 0 aromatic heterocycles. The molecule has 4 heteroatoms. The minimum Gasteiger partial charge on any atom is -0.489 e. The van der Waals surface area contributed by atoms with Crippen LogP contribution in [0.4, 0.5) is 0 Å². The number of fused-ring (bicyclic) bond motifs is 1. The molecule has 2 rings (SSSR count). The first-order chi connectivity index (χ1) is 4.97. The summed E-state index contributed by atoms with van der Waals surface area (Å²) < 4.78 is 5.34. The summed E-state index contributed by atoms with van der Waals surface area (Å²) in [4.78, 5) is 0. The van der Waals surface area contributed by atoms with E-state index in [9.17, 15) is 0 Å². The third-order valence-corrected chi connectivity index (χ3v) is 1.55. The van der Waals surface area contributed by atoms with Gasteiger partial charge in [0.1, 0.15) is 12.4 Å². The fourth-order valence-electron chi connectivity index (χ4n) is 1.06. The van der Waals surface area contributed by atoms with Crippen molar-refractivity contribution in [3.8, 4) is 5.75 Å². The van der Waals surface area contributed by atoms with Gasteiger partial charge in [-0.2, -0.15) is 0 Å². The molecule has 1 radical (unpaired) electrons. The van der Waals surface area contributed by atoms with Crippen LogP contribution in [-0.2, 0) is 59.9 Å². The van der Waals surface area contributed by atoms with Crippen molar-refractivity contribution in [2.75, 3.05) is 6.61 Å². The zero-order valence-electron chi connectivity index (χ0n) is 6.79. The molecule has 1 aromatic carbocycles. The van der Waals surface area contributed by atoms with Gasteiger partial charge in [0.2, 0.25) is 0 Å². The number of para-hydroxylation sites is 1. The van der Waals surface area contributed by atoms with E-state index in [0.717, 1.165) is 5.75 Å². The van der Waals surface area contributed by atoms with Gasteiger partial charge in [-0.3, -0.25) is 0 Å². The third kappa shape index (κ3) is 4.15. The summed E-state index contributed by atoms with van der Waals surface area (Å²) in [6.45, 7) is 0.705. The number of hydrogen-bond donors (Lipinski definition) is 0. The Kier molecular flexibility index (Phi) is 9.96. The van der Waals surface area contributed by atoms with Gasteiger partial charge < -0.3 is 4.74 Å². The molecule has 0 saturated heterocycles. The van der Waals surface area contributed by atoms with E-state index in [1.807, 2.05) is 30.3 Å². The Hall–Kier alpha value is 0.682. The summed E-state index contributed by atoms with van der Waals surface area (Å²) in [6, 6.07) is 8.03. The van der Waals surface area contributed by atoms with Crippen LogP contribution in [-0.4, -0.2) is 6.61 Å². The van der Waals surface area contributed by atoms with E-state index in [2.05, 4.69) is 6.08 Å². The van der Waals surface area contributed by atoms with Crippen molar-refractivity contribution in [3.63, 3.8) is 0 Å². The largest absolute Gasteiger partial charge is 0.489 e. The maximum Gasteiger partial charge on any atom is 0.126 e. The summed E-state index contributed by atoms with van der Waals surface area (Å²) in [5, 5.41) is 0. The van der Waals surface area contributed by atoms with Gasteiger partial charge in [-0.05, 0) is 12.1 Å². The Labute approximate surface area is 118 Å². The van der Waals surface area contributed by atoms with Gasteiger partial charge in [-0.15, -0.1) is 0 Å². The van der Waals surface area contributed by atoms with E-state index in [1.165, 1.54) is 5.56 Å². The molecule has 0 atom stereocenters. The second-order valence-electron chi connectivity index (χ2n) is 2.25. The molecule has 71 valence electrons. The van der Waals surface area contributed by atoms with E-state index in [0.29, 0.717) is 6.61 Å². The van der Waals surface area contributed by atoms with E-state index < -0.39 is 0 Å². The molecule has 0 unspecified atom stereocenters. The smallest absolute Gasteiger partial charge is 0.126 e. The van der Waals surface area contributed by atoms with Gasteiger partial charge in [0, 0.05) is 65.4 Å². The van der Waals surface area contributed by atoms with Crippen LogP contribution < -0.4 is 4.74 Å². The van der Waals surface area contributed by atoms with Gasteiger partial charge in [0.25, 0.3) is 0 Å². The van der Waals surface area contributed by atoms with E-state index >= 15 is 0 Å². The Bertz CT molecular complexity index is 278. The van der Waals surface area contributed by atoms with Crippen molar-refractivity contribution < 1.29 is 64.6 Å². The van der Waals surface area contributed by atoms with Gasteiger partial charge in [-0.25, -0.2) is 0 Å². The molecule has 0 bridgehead atoms. The van der Waals surface area contributed by atoms with Crippen LogP contribution in [0.2, 0.25) is 0 Å². The fraction of sp³-hybridized carbons (Fsp3) is 0.111. The van der Waals surface area contributed by atoms with Gasteiger partial charge in [-0.1, -0.05) is 24.3 Å². The molecule has 0 fully saturated rings. The summed E-state index contributed by atoms with van der Waals surface area (Å²) in [5.74, 6) is 0.991. The summed E-state index contributed by atoms with van der Waals surface area (Å²) in [5.41, 5.74) is 1.17. The third-order valence-electron chi connectivity index (χ3n) is 1.55.